The van der Waals surface area contributed by atoms with Crippen LogP contribution >= 0.6 is 0 Å². The Hall–Kier alpha value is -1.55. The van der Waals surface area contributed by atoms with E-state index >= 15 is 0 Å². The summed E-state index contributed by atoms with van der Waals surface area (Å²) in [4.78, 5) is 14.5. The summed E-state index contributed by atoms with van der Waals surface area (Å²) in [7, 11) is 0. The number of nitrogen functional groups attached to an aromatic ring is 1. The first-order valence-corrected chi connectivity index (χ1v) is 7.36. The molecule has 4 heteroatoms. The molecule has 1 amide bonds. The molecule has 1 aromatic rings. The van der Waals surface area contributed by atoms with Crippen LogP contribution in [-0.2, 0) is 0 Å². The predicted molar refractivity (Wildman–Crippen MR) is 85.1 cm³/mol. The zero-order valence-electron chi connectivity index (χ0n) is 13.1. The quantitative estimate of drug-likeness (QED) is 0.594. The topological polar surface area (TPSA) is 58.4 Å². The van der Waals surface area contributed by atoms with Gasteiger partial charge in [-0.15, -0.1) is 0 Å². The maximum Gasteiger partial charge on any atom is 0.251 e. The number of nitrogens with zero attached hydrogens (tertiary/aromatic N) is 1. The Balaban J connectivity index is 2.49. The third-order valence-electron chi connectivity index (χ3n) is 3.69. The Morgan fingerprint density at radius 2 is 1.85 bits per heavy atom. The van der Waals surface area contributed by atoms with Gasteiger partial charge in [0.1, 0.15) is 0 Å². The molecule has 0 aliphatic rings. The Morgan fingerprint density at radius 3 is 2.45 bits per heavy atom. The van der Waals surface area contributed by atoms with E-state index in [0.717, 1.165) is 37.2 Å². The monoisotopic (exact) mass is 277 g/mol. The van der Waals surface area contributed by atoms with Crippen molar-refractivity contribution in [3.05, 3.63) is 28.8 Å². The largest absolute Gasteiger partial charge is 0.398 e. The smallest absolute Gasteiger partial charge is 0.251 e. The summed E-state index contributed by atoms with van der Waals surface area (Å²) in [5, 5.41) is 2.97. The number of hydrogen-bond acceptors (Lipinski definition) is 3. The number of anilines is 1. The van der Waals surface area contributed by atoms with E-state index in [2.05, 4.69) is 24.1 Å². The molecule has 1 rings (SSSR count). The molecule has 0 saturated heterocycles. The molecule has 0 aliphatic heterocycles. The first-order chi connectivity index (χ1) is 9.49. The minimum atomic E-state index is -0.0336. The van der Waals surface area contributed by atoms with E-state index in [9.17, 15) is 4.79 Å². The molecule has 0 fully saturated rings. The van der Waals surface area contributed by atoms with Crippen molar-refractivity contribution in [2.45, 2.75) is 34.1 Å². The van der Waals surface area contributed by atoms with Crippen LogP contribution in [0.25, 0.3) is 0 Å². The van der Waals surface area contributed by atoms with Gasteiger partial charge in [-0.25, -0.2) is 0 Å². The Labute approximate surface area is 122 Å². The van der Waals surface area contributed by atoms with E-state index in [-0.39, 0.29) is 5.91 Å². The van der Waals surface area contributed by atoms with Crippen molar-refractivity contribution in [3.8, 4) is 0 Å². The highest BCUT2D eigenvalue weighted by atomic mass is 16.1. The van der Waals surface area contributed by atoms with Crippen molar-refractivity contribution >= 4 is 11.6 Å². The van der Waals surface area contributed by atoms with Crippen molar-refractivity contribution < 1.29 is 4.79 Å². The molecule has 4 nitrogen and oxygen atoms in total. The van der Waals surface area contributed by atoms with Gasteiger partial charge in [-0.1, -0.05) is 19.9 Å². The highest BCUT2D eigenvalue weighted by Crippen LogP contribution is 2.17. The van der Waals surface area contributed by atoms with Gasteiger partial charge in [0.05, 0.1) is 0 Å². The molecule has 0 aromatic heterocycles. The number of rotatable bonds is 7. The van der Waals surface area contributed by atoms with E-state index in [1.54, 1.807) is 6.07 Å². The lowest BCUT2D eigenvalue weighted by atomic mass is 10.0. The van der Waals surface area contributed by atoms with Crippen LogP contribution in [0.2, 0.25) is 0 Å². The zero-order chi connectivity index (χ0) is 15.1. The van der Waals surface area contributed by atoms with Crippen molar-refractivity contribution in [1.82, 2.24) is 10.2 Å². The number of carbonyl (C=O) groups is 1. The number of carbonyl (C=O) groups excluding carboxylic acids is 1. The summed E-state index contributed by atoms with van der Waals surface area (Å²) in [6.45, 7) is 12.0. The summed E-state index contributed by atoms with van der Waals surface area (Å²) in [5.41, 5.74) is 9.20. The van der Waals surface area contributed by atoms with E-state index in [4.69, 9.17) is 5.73 Å². The fraction of sp³-hybridized carbons (Fsp3) is 0.562. The normalized spacial score (nSPS) is 10.8. The standard InChI is InChI=1S/C16H27N3O/c1-5-19(6-2)9-7-8-18-16(20)14-11-15(17)13(4)10-12(14)3/h10-11H,5-9,17H2,1-4H3,(H,18,20). The molecule has 0 heterocycles. The summed E-state index contributed by atoms with van der Waals surface area (Å²) >= 11 is 0. The van der Waals surface area contributed by atoms with Gasteiger partial charge < -0.3 is 16.0 Å². The van der Waals surface area contributed by atoms with Crippen LogP contribution in [0.4, 0.5) is 5.69 Å². The first-order valence-electron chi connectivity index (χ1n) is 7.36. The molecule has 0 atom stereocenters. The van der Waals surface area contributed by atoms with Crippen LogP contribution in [0.15, 0.2) is 12.1 Å². The number of aryl methyl sites for hydroxylation is 2. The van der Waals surface area contributed by atoms with Crippen LogP contribution in [0.1, 0.15) is 41.8 Å². The zero-order valence-corrected chi connectivity index (χ0v) is 13.1. The lowest BCUT2D eigenvalue weighted by Crippen LogP contribution is -2.30. The first kappa shape index (κ1) is 16.5. The maximum atomic E-state index is 12.1. The molecule has 112 valence electrons. The second kappa shape index (κ2) is 7.90. The predicted octanol–water partition coefficient (Wildman–Crippen LogP) is 2.35. The SMILES string of the molecule is CCN(CC)CCCNC(=O)c1cc(N)c(C)cc1C. The number of hydrogen-bond donors (Lipinski definition) is 2. The average molecular weight is 277 g/mol. The number of benzene rings is 1. The second-order valence-corrected chi connectivity index (χ2v) is 5.16. The highest BCUT2D eigenvalue weighted by molar-refractivity contribution is 5.96. The summed E-state index contributed by atoms with van der Waals surface area (Å²) < 4.78 is 0. The lowest BCUT2D eigenvalue weighted by Gasteiger charge is -2.17. The maximum absolute atomic E-state index is 12.1. The number of nitrogens with two attached hydrogens (primary N) is 1. The molecule has 0 saturated carbocycles. The fourth-order valence-electron chi connectivity index (χ4n) is 2.25. The van der Waals surface area contributed by atoms with Gasteiger partial charge in [0.25, 0.3) is 5.91 Å². The van der Waals surface area contributed by atoms with E-state index in [0.29, 0.717) is 17.8 Å². The van der Waals surface area contributed by atoms with E-state index in [1.165, 1.54) is 0 Å². The van der Waals surface area contributed by atoms with E-state index in [1.807, 2.05) is 19.9 Å². The molecule has 0 aliphatic carbocycles. The molecular formula is C16H27N3O. The number of nitrogens with one attached hydrogen (secondary N) is 1. The van der Waals surface area contributed by atoms with Crippen LogP contribution in [0.5, 0.6) is 0 Å². The van der Waals surface area contributed by atoms with E-state index < -0.39 is 0 Å². The molecule has 3 N–H and O–H groups in total. The van der Waals surface area contributed by atoms with Crippen LogP contribution in [-0.4, -0.2) is 37.0 Å². The Kier molecular flexibility index (Phi) is 6.52. The van der Waals surface area contributed by atoms with Crippen molar-refractivity contribution in [3.63, 3.8) is 0 Å². The molecule has 0 unspecified atom stereocenters. The molecule has 0 bridgehead atoms. The molecule has 0 spiro atoms. The summed E-state index contributed by atoms with van der Waals surface area (Å²) in [6.07, 6.45) is 0.966. The summed E-state index contributed by atoms with van der Waals surface area (Å²) in [6, 6.07) is 3.73. The second-order valence-electron chi connectivity index (χ2n) is 5.16. The molecule has 0 radical (unpaired) electrons. The van der Waals surface area contributed by atoms with Gasteiger partial charge in [0, 0.05) is 17.8 Å². The number of amides is 1. The third-order valence-corrected chi connectivity index (χ3v) is 3.69. The van der Waals surface area contributed by atoms with Crippen molar-refractivity contribution in [2.24, 2.45) is 0 Å². The molecular weight excluding hydrogens is 250 g/mol. The van der Waals surface area contributed by atoms with Gasteiger partial charge in [-0.2, -0.15) is 0 Å². The third kappa shape index (κ3) is 4.53. The summed E-state index contributed by atoms with van der Waals surface area (Å²) in [5.74, 6) is -0.0336. The molecule has 20 heavy (non-hydrogen) atoms. The van der Waals surface area contributed by atoms with Crippen LogP contribution in [0.3, 0.4) is 0 Å². The van der Waals surface area contributed by atoms with Gasteiger partial charge >= 0.3 is 0 Å². The minimum absolute atomic E-state index is 0.0336. The minimum Gasteiger partial charge on any atom is -0.398 e. The highest BCUT2D eigenvalue weighted by Gasteiger charge is 2.10. The molecule has 1 aromatic carbocycles. The van der Waals surface area contributed by atoms with Crippen molar-refractivity contribution in [1.29, 1.82) is 0 Å². The fourth-order valence-corrected chi connectivity index (χ4v) is 2.25. The van der Waals surface area contributed by atoms with Crippen molar-refractivity contribution in [2.75, 3.05) is 31.9 Å². The lowest BCUT2D eigenvalue weighted by molar-refractivity contribution is 0.0951. The van der Waals surface area contributed by atoms with Crippen LogP contribution in [0, 0.1) is 13.8 Å². The van der Waals surface area contributed by atoms with Gasteiger partial charge in [0.15, 0.2) is 0 Å². The average Bonchev–Trinajstić information content (AvgIpc) is 2.42. The van der Waals surface area contributed by atoms with Gasteiger partial charge in [-0.05, 0) is 57.1 Å². The Morgan fingerprint density at radius 1 is 1.20 bits per heavy atom. The van der Waals surface area contributed by atoms with Gasteiger partial charge in [0.2, 0.25) is 0 Å². The van der Waals surface area contributed by atoms with Gasteiger partial charge in [-0.3, -0.25) is 4.79 Å². The van der Waals surface area contributed by atoms with Crippen LogP contribution < -0.4 is 11.1 Å². The Bertz CT molecular complexity index is 453.